The summed E-state index contributed by atoms with van der Waals surface area (Å²) in [7, 11) is 3.46. The molecule has 6 nitrogen and oxygen atoms in total. The number of hydrogen-bond donors (Lipinski definition) is 2. The summed E-state index contributed by atoms with van der Waals surface area (Å²) < 4.78 is 5.26. The van der Waals surface area contributed by atoms with E-state index in [1.165, 1.54) is 0 Å². The molecule has 0 aliphatic rings. The largest absolute Gasteiger partial charge is 0.497 e. The molecule has 0 bridgehead atoms. The van der Waals surface area contributed by atoms with E-state index in [1.54, 1.807) is 12.0 Å². The smallest absolute Gasteiger partial charge is 0.277 e. The van der Waals surface area contributed by atoms with Crippen molar-refractivity contribution in [1.82, 2.24) is 10.2 Å². The van der Waals surface area contributed by atoms with Gasteiger partial charge in [0.2, 0.25) is 0 Å². The van der Waals surface area contributed by atoms with Crippen molar-refractivity contribution in [2.75, 3.05) is 33.8 Å². The van der Waals surface area contributed by atoms with Gasteiger partial charge < -0.3 is 19.9 Å². The second-order valence-corrected chi connectivity index (χ2v) is 7.48. The highest BCUT2D eigenvalue weighted by Crippen LogP contribution is 2.22. The highest BCUT2D eigenvalue weighted by Gasteiger charge is 2.19. The fourth-order valence-corrected chi connectivity index (χ4v) is 3.12. The molecule has 0 saturated heterocycles. The van der Waals surface area contributed by atoms with Crippen molar-refractivity contribution in [1.29, 1.82) is 0 Å². The zero-order valence-corrected chi connectivity index (χ0v) is 17.5. The lowest BCUT2D eigenvalue weighted by atomic mass is 10.1. The van der Waals surface area contributed by atoms with E-state index in [0.717, 1.165) is 33.5 Å². The van der Waals surface area contributed by atoms with Crippen LogP contribution in [-0.2, 0) is 16.1 Å². The number of carbonyl (C=O) groups is 2. The number of carbonyl (C=O) groups excluding carboxylic acids is 2. The first-order valence-corrected chi connectivity index (χ1v) is 9.76. The van der Waals surface area contributed by atoms with Gasteiger partial charge in [0.15, 0.2) is 13.1 Å². The summed E-state index contributed by atoms with van der Waals surface area (Å²) in [6.45, 7) is 7.74. The van der Waals surface area contributed by atoms with Gasteiger partial charge in [0.25, 0.3) is 11.8 Å². The van der Waals surface area contributed by atoms with Crippen molar-refractivity contribution in [3.63, 3.8) is 0 Å². The molecule has 0 spiro atoms. The maximum absolute atomic E-state index is 12.6. The van der Waals surface area contributed by atoms with Crippen LogP contribution in [0.4, 0.5) is 0 Å². The van der Waals surface area contributed by atoms with Crippen molar-refractivity contribution in [2.45, 2.75) is 33.4 Å². The van der Waals surface area contributed by atoms with E-state index in [-0.39, 0.29) is 17.9 Å². The summed E-state index contributed by atoms with van der Waals surface area (Å²) >= 11 is 0. The van der Waals surface area contributed by atoms with Gasteiger partial charge in [-0.15, -0.1) is 0 Å². The summed E-state index contributed by atoms with van der Waals surface area (Å²) in [6.07, 6.45) is 0. The maximum Gasteiger partial charge on any atom is 0.277 e. The summed E-state index contributed by atoms with van der Waals surface area (Å²) in [5, 5.41) is 5.10. The van der Waals surface area contributed by atoms with Gasteiger partial charge in [0.1, 0.15) is 5.75 Å². The van der Waals surface area contributed by atoms with E-state index in [4.69, 9.17) is 4.74 Å². The van der Waals surface area contributed by atoms with Crippen molar-refractivity contribution in [3.8, 4) is 5.75 Å². The number of quaternary nitrogens is 1. The Kier molecular flexibility index (Phi) is 7.81. The number of hydrogen-bond acceptors (Lipinski definition) is 3. The summed E-state index contributed by atoms with van der Waals surface area (Å²) in [4.78, 5) is 27.3. The molecule has 2 amide bonds. The van der Waals surface area contributed by atoms with Crippen LogP contribution in [0, 0.1) is 0 Å². The molecule has 0 fully saturated rings. The SMILES string of the molecule is CC[NH+](CC(=O)NC(C)C)CC(=O)N(C)Cc1ccc2cc(OC)ccc2c1. The minimum absolute atomic E-state index is 0.0211. The van der Waals surface area contributed by atoms with Crippen LogP contribution in [0.3, 0.4) is 0 Å². The van der Waals surface area contributed by atoms with E-state index in [2.05, 4.69) is 11.4 Å². The first-order chi connectivity index (χ1) is 13.3. The van der Waals surface area contributed by atoms with Gasteiger partial charge >= 0.3 is 0 Å². The summed E-state index contributed by atoms with van der Waals surface area (Å²) in [5.41, 5.74) is 1.07. The Morgan fingerprint density at radius 3 is 2.43 bits per heavy atom. The van der Waals surface area contributed by atoms with Crippen molar-refractivity contribution < 1.29 is 19.2 Å². The van der Waals surface area contributed by atoms with Gasteiger partial charge in [0, 0.05) is 19.6 Å². The number of ether oxygens (including phenoxy) is 1. The van der Waals surface area contributed by atoms with E-state index >= 15 is 0 Å². The number of methoxy groups -OCH3 is 1. The van der Waals surface area contributed by atoms with Gasteiger partial charge in [-0.05, 0) is 55.3 Å². The lowest BCUT2D eigenvalue weighted by molar-refractivity contribution is -0.882. The van der Waals surface area contributed by atoms with Crippen LogP contribution >= 0.6 is 0 Å². The van der Waals surface area contributed by atoms with Crippen LogP contribution in [0.25, 0.3) is 10.8 Å². The van der Waals surface area contributed by atoms with Gasteiger partial charge in [0.05, 0.1) is 13.7 Å². The molecule has 28 heavy (non-hydrogen) atoms. The molecule has 0 aliphatic carbocycles. The predicted molar refractivity (Wildman–Crippen MR) is 111 cm³/mol. The number of fused-ring (bicyclic) bond motifs is 1. The molecule has 0 aromatic heterocycles. The van der Waals surface area contributed by atoms with Gasteiger partial charge in [-0.3, -0.25) is 9.59 Å². The average Bonchev–Trinajstić information content (AvgIpc) is 2.66. The lowest BCUT2D eigenvalue weighted by Gasteiger charge is -2.22. The van der Waals surface area contributed by atoms with Gasteiger partial charge in [-0.2, -0.15) is 0 Å². The van der Waals surface area contributed by atoms with Gasteiger partial charge in [-0.25, -0.2) is 0 Å². The number of benzene rings is 2. The lowest BCUT2D eigenvalue weighted by Crippen LogP contribution is -3.14. The molecule has 0 saturated carbocycles. The zero-order chi connectivity index (χ0) is 20.7. The third kappa shape index (κ3) is 6.23. The predicted octanol–water partition coefficient (Wildman–Crippen LogP) is 1.24. The van der Waals surface area contributed by atoms with Gasteiger partial charge in [-0.1, -0.05) is 18.2 Å². The van der Waals surface area contributed by atoms with Crippen molar-refractivity contribution in [2.24, 2.45) is 0 Å². The first kappa shape index (κ1) is 21.7. The molecule has 2 rings (SSSR count). The quantitative estimate of drug-likeness (QED) is 0.682. The molecule has 0 radical (unpaired) electrons. The molecule has 2 aromatic rings. The molecule has 2 aromatic carbocycles. The minimum Gasteiger partial charge on any atom is -0.497 e. The van der Waals surface area contributed by atoms with E-state index in [0.29, 0.717) is 19.6 Å². The summed E-state index contributed by atoms with van der Waals surface area (Å²) in [5.74, 6) is 0.841. The van der Waals surface area contributed by atoms with Crippen LogP contribution in [0.1, 0.15) is 26.3 Å². The third-order valence-electron chi connectivity index (χ3n) is 4.72. The van der Waals surface area contributed by atoms with E-state index < -0.39 is 0 Å². The number of rotatable bonds is 9. The molecule has 1 unspecified atom stereocenters. The highest BCUT2D eigenvalue weighted by atomic mass is 16.5. The minimum atomic E-state index is -0.0211. The second-order valence-electron chi connectivity index (χ2n) is 7.48. The average molecular weight is 387 g/mol. The molecule has 2 N–H and O–H groups in total. The van der Waals surface area contributed by atoms with Crippen molar-refractivity contribution >= 4 is 22.6 Å². The molecule has 0 aliphatic heterocycles. The number of likely N-dealkylation sites (N-methyl/N-ethyl adjacent to an activating group) is 2. The van der Waals surface area contributed by atoms with Crippen LogP contribution in [0.15, 0.2) is 36.4 Å². The molecular weight excluding hydrogens is 354 g/mol. The Hall–Kier alpha value is -2.60. The number of amides is 2. The van der Waals surface area contributed by atoms with E-state index in [9.17, 15) is 9.59 Å². The maximum atomic E-state index is 12.6. The Labute approximate surface area is 167 Å². The molecule has 6 heteroatoms. The fraction of sp³-hybridized carbons (Fsp3) is 0.455. The summed E-state index contributed by atoms with van der Waals surface area (Å²) in [6, 6.07) is 12.2. The fourth-order valence-electron chi connectivity index (χ4n) is 3.12. The normalized spacial score (nSPS) is 12.1. The van der Waals surface area contributed by atoms with Crippen LogP contribution < -0.4 is 15.0 Å². The Morgan fingerprint density at radius 1 is 1.11 bits per heavy atom. The third-order valence-corrected chi connectivity index (χ3v) is 4.72. The zero-order valence-electron chi connectivity index (χ0n) is 17.5. The molecule has 1 atom stereocenters. The first-order valence-electron chi connectivity index (χ1n) is 9.76. The standard InChI is InChI=1S/C22H31N3O3/c1-6-25(14-21(26)23-16(2)3)15-22(27)24(4)13-17-7-8-19-12-20(28-5)10-9-18(19)11-17/h7-12,16H,6,13-15H2,1-5H3,(H,23,26)/p+1. The second kappa shape index (κ2) is 10.1. The Bertz CT molecular complexity index is 820. The van der Waals surface area contributed by atoms with Crippen LogP contribution in [-0.4, -0.2) is 56.5 Å². The van der Waals surface area contributed by atoms with Crippen LogP contribution in [0.5, 0.6) is 5.75 Å². The van der Waals surface area contributed by atoms with Crippen molar-refractivity contribution in [3.05, 3.63) is 42.0 Å². The monoisotopic (exact) mass is 386 g/mol. The molecule has 152 valence electrons. The Morgan fingerprint density at radius 2 is 1.79 bits per heavy atom. The topological polar surface area (TPSA) is 63.1 Å². The van der Waals surface area contributed by atoms with E-state index in [1.807, 2.05) is 58.2 Å². The number of nitrogens with zero attached hydrogens (tertiary/aromatic N) is 1. The highest BCUT2D eigenvalue weighted by molar-refractivity contribution is 5.85. The molecule has 0 heterocycles. The number of nitrogens with one attached hydrogen (secondary N) is 2. The Balaban J connectivity index is 1.97. The van der Waals surface area contributed by atoms with Crippen LogP contribution in [0.2, 0.25) is 0 Å². The molecular formula is C22H32N3O3+.